The lowest BCUT2D eigenvalue weighted by atomic mass is 10.1. The maximum atomic E-state index is 12.9. The first-order valence-corrected chi connectivity index (χ1v) is 12.0. The van der Waals surface area contributed by atoms with Crippen molar-refractivity contribution in [3.8, 4) is 11.5 Å². The van der Waals surface area contributed by atoms with Crippen molar-refractivity contribution >= 4 is 39.1 Å². The standard InChI is InChI=1S/C23H19ClN2O6S/c1-33(29,30)26(23(28)18-4-2-3-5-19(18)24)17-9-7-16(8-10-17)22(27)25-13-15-6-11-20-21(12-15)32-14-31-20/h2-12H,13-14H2,1H3,(H,25,27). The summed E-state index contributed by atoms with van der Waals surface area (Å²) in [4.78, 5) is 25.5. The van der Waals surface area contributed by atoms with Crippen LogP contribution in [0.1, 0.15) is 26.3 Å². The van der Waals surface area contributed by atoms with Crippen LogP contribution >= 0.6 is 11.6 Å². The molecule has 0 unspecified atom stereocenters. The molecule has 4 rings (SSSR count). The van der Waals surface area contributed by atoms with Crippen molar-refractivity contribution in [2.75, 3.05) is 17.4 Å². The zero-order valence-electron chi connectivity index (χ0n) is 17.4. The maximum absolute atomic E-state index is 12.9. The lowest BCUT2D eigenvalue weighted by Gasteiger charge is -2.21. The van der Waals surface area contributed by atoms with E-state index in [4.69, 9.17) is 21.1 Å². The number of anilines is 1. The molecule has 0 radical (unpaired) electrons. The number of benzene rings is 3. The fourth-order valence-corrected chi connectivity index (χ4v) is 4.41. The molecule has 0 bridgehead atoms. The second kappa shape index (κ2) is 9.13. The van der Waals surface area contributed by atoms with E-state index in [1.165, 1.54) is 36.4 Å². The van der Waals surface area contributed by atoms with E-state index in [-0.39, 0.29) is 35.5 Å². The van der Waals surface area contributed by atoms with Crippen molar-refractivity contribution in [1.29, 1.82) is 0 Å². The van der Waals surface area contributed by atoms with Crippen LogP contribution in [-0.4, -0.2) is 33.3 Å². The highest BCUT2D eigenvalue weighted by Gasteiger charge is 2.28. The summed E-state index contributed by atoms with van der Waals surface area (Å²) in [7, 11) is -3.96. The Morgan fingerprint density at radius 1 is 1.00 bits per heavy atom. The molecular formula is C23H19ClN2O6S. The van der Waals surface area contributed by atoms with Gasteiger partial charge >= 0.3 is 0 Å². The molecule has 0 saturated carbocycles. The van der Waals surface area contributed by atoms with Crippen LogP contribution in [0.4, 0.5) is 5.69 Å². The first kappa shape index (κ1) is 22.6. The number of amides is 2. The minimum Gasteiger partial charge on any atom is -0.454 e. The Morgan fingerprint density at radius 2 is 1.70 bits per heavy atom. The summed E-state index contributed by atoms with van der Waals surface area (Å²) in [6.07, 6.45) is 0.924. The number of nitrogens with one attached hydrogen (secondary N) is 1. The summed E-state index contributed by atoms with van der Waals surface area (Å²) in [6.45, 7) is 0.429. The fraction of sp³-hybridized carbons (Fsp3) is 0.130. The molecule has 0 aliphatic carbocycles. The first-order valence-electron chi connectivity index (χ1n) is 9.80. The molecule has 3 aromatic carbocycles. The highest BCUT2D eigenvalue weighted by atomic mass is 35.5. The third kappa shape index (κ3) is 4.94. The van der Waals surface area contributed by atoms with Crippen LogP contribution < -0.4 is 19.1 Å². The second-order valence-corrected chi connectivity index (χ2v) is 9.47. The van der Waals surface area contributed by atoms with Gasteiger partial charge in [-0.3, -0.25) is 9.59 Å². The summed E-state index contributed by atoms with van der Waals surface area (Å²) in [5.74, 6) is 0.128. The van der Waals surface area contributed by atoms with Crippen molar-refractivity contribution in [2.24, 2.45) is 0 Å². The predicted molar refractivity (Wildman–Crippen MR) is 123 cm³/mol. The van der Waals surface area contributed by atoms with Gasteiger partial charge in [-0.2, -0.15) is 0 Å². The summed E-state index contributed by atoms with van der Waals surface area (Å²) in [5, 5.41) is 2.92. The maximum Gasteiger partial charge on any atom is 0.273 e. The summed E-state index contributed by atoms with van der Waals surface area (Å²) in [6, 6.07) is 17.2. The van der Waals surface area contributed by atoms with Gasteiger partial charge in [0.15, 0.2) is 11.5 Å². The van der Waals surface area contributed by atoms with Crippen LogP contribution in [0.15, 0.2) is 66.7 Å². The second-order valence-electron chi connectivity index (χ2n) is 7.23. The third-order valence-corrected chi connectivity index (χ3v) is 6.24. The van der Waals surface area contributed by atoms with Gasteiger partial charge in [0.25, 0.3) is 11.8 Å². The van der Waals surface area contributed by atoms with E-state index in [1.54, 1.807) is 24.3 Å². The molecule has 8 nitrogen and oxygen atoms in total. The Balaban J connectivity index is 1.50. The van der Waals surface area contributed by atoms with Gasteiger partial charge in [0, 0.05) is 12.1 Å². The average Bonchev–Trinajstić information content (AvgIpc) is 3.25. The minimum atomic E-state index is -3.96. The largest absolute Gasteiger partial charge is 0.454 e. The zero-order valence-corrected chi connectivity index (χ0v) is 19.0. The van der Waals surface area contributed by atoms with Gasteiger partial charge in [-0.1, -0.05) is 29.8 Å². The Kier molecular flexibility index (Phi) is 6.26. The summed E-state index contributed by atoms with van der Waals surface area (Å²) >= 11 is 6.07. The Hall–Kier alpha value is -3.56. The molecule has 0 saturated heterocycles. The van der Waals surface area contributed by atoms with Gasteiger partial charge in [-0.25, -0.2) is 12.7 Å². The van der Waals surface area contributed by atoms with Crippen LogP contribution in [0.5, 0.6) is 11.5 Å². The van der Waals surface area contributed by atoms with E-state index in [9.17, 15) is 18.0 Å². The number of hydrogen-bond acceptors (Lipinski definition) is 6. The molecule has 33 heavy (non-hydrogen) atoms. The molecule has 0 spiro atoms. The van der Waals surface area contributed by atoms with E-state index < -0.39 is 15.9 Å². The lowest BCUT2D eigenvalue weighted by molar-refractivity contribution is 0.0950. The van der Waals surface area contributed by atoms with E-state index in [1.807, 2.05) is 6.07 Å². The van der Waals surface area contributed by atoms with Gasteiger partial charge in [-0.15, -0.1) is 0 Å². The summed E-state index contributed by atoms with van der Waals surface area (Å²) < 4.78 is 36.0. The third-order valence-electron chi connectivity index (χ3n) is 4.87. The number of fused-ring (bicyclic) bond motifs is 1. The fourth-order valence-electron chi connectivity index (χ4n) is 3.29. The number of halogens is 1. The van der Waals surface area contributed by atoms with Crippen LogP contribution in [0, 0.1) is 0 Å². The van der Waals surface area contributed by atoms with Crippen molar-refractivity contribution in [1.82, 2.24) is 5.32 Å². The molecule has 1 aliphatic rings. The van der Waals surface area contributed by atoms with Gasteiger partial charge in [0.2, 0.25) is 16.8 Å². The van der Waals surface area contributed by atoms with Gasteiger partial charge in [0.05, 0.1) is 22.5 Å². The lowest BCUT2D eigenvalue weighted by Crippen LogP contribution is -2.36. The number of carbonyl (C=O) groups is 2. The van der Waals surface area contributed by atoms with Crippen LogP contribution in [0.3, 0.4) is 0 Å². The van der Waals surface area contributed by atoms with Crippen molar-refractivity contribution < 1.29 is 27.5 Å². The van der Waals surface area contributed by atoms with E-state index in [0.29, 0.717) is 21.4 Å². The van der Waals surface area contributed by atoms with E-state index >= 15 is 0 Å². The van der Waals surface area contributed by atoms with Crippen molar-refractivity contribution in [3.63, 3.8) is 0 Å². The molecule has 2 amide bonds. The highest BCUT2D eigenvalue weighted by molar-refractivity contribution is 7.92. The number of carbonyl (C=O) groups excluding carboxylic acids is 2. The quantitative estimate of drug-likeness (QED) is 0.571. The number of nitrogens with zero attached hydrogens (tertiary/aromatic N) is 1. The molecule has 0 atom stereocenters. The SMILES string of the molecule is CS(=O)(=O)N(C(=O)c1ccccc1Cl)c1ccc(C(=O)NCc2ccc3c(c2)OCO3)cc1. The summed E-state index contributed by atoms with van der Waals surface area (Å²) in [5.41, 5.74) is 1.28. The molecule has 1 aliphatic heterocycles. The number of ether oxygens (including phenoxy) is 2. The topological polar surface area (TPSA) is 102 Å². The molecule has 0 fully saturated rings. The predicted octanol–water partition coefficient (Wildman–Crippen LogP) is 3.61. The van der Waals surface area contributed by atoms with Gasteiger partial charge in [-0.05, 0) is 54.1 Å². The van der Waals surface area contributed by atoms with Crippen molar-refractivity contribution in [2.45, 2.75) is 6.54 Å². The molecule has 170 valence electrons. The zero-order chi connectivity index (χ0) is 23.6. The van der Waals surface area contributed by atoms with Crippen LogP contribution in [-0.2, 0) is 16.6 Å². The Labute approximate surface area is 195 Å². The Bertz CT molecular complexity index is 1330. The smallest absolute Gasteiger partial charge is 0.273 e. The minimum absolute atomic E-state index is 0.0511. The van der Waals surface area contributed by atoms with Crippen LogP contribution in [0.2, 0.25) is 5.02 Å². The van der Waals surface area contributed by atoms with E-state index in [0.717, 1.165) is 11.8 Å². The first-order chi connectivity index (χ1) is 15.7. The number of sulfonamides is 1. The van der Waals surface area contributed by atoms with Gasteiger partial charge in [0.1, 0.15) is 0 Å². The molecule has 10 heteroatoms. The van der Waals surface area contributed by atoms with Crippen LogP contribution in [0.25, 0.3) is 0 Å². The van der Waals surface area contributed by atoms with Crippen molar-refractivity contribution in [3.05, 3.63) is 88.4 Å². The monoisotopic (exact) mass is 486 g/mol. The Morgan fingerprint density at radius 3 is 2.39 bits per heavy atom. The molecule has 3 aromatic rings. The molecule has 0 aromatic heterocycles. The number of rotatable bonds is 6. The molecule has 1 heterocycles. The average molecular weight is 487 g/mol. The molecule has 1 N–H and O–H groups in total. The molecular weight excluding hydrogens is 468 g/mol. The number of hydrogen-bond donors (Lipinski definition) is 1. The normalized spacial score (nSPS) is 12.3. The highest BCUT2D eigenvalue weighted by Crippen LogP contribution is 2.32. The van der Waals surface area contributed by atoms with E-state index in [2.05, 4.69) is 5.32 Å². The van der Waals surface area contributed by atoms with Gasteiger partial charge < -0.3 is 14.8 Å².